The molecule has 4 rings (SSSR count). The number of nitrogens with one attached hydrogen (secondary N) is 1. The van der Waals surface area contributed by atoms with E-state index in [1.165, 1.54) is 10.4 Å². The molecule has 2 aliphatic heterocycles. The predicted octanol–water partition coefficient (Wildman–Crippen LogP) is 2.84. The summed E-state index contributed by atoms with van der Waals surface area (Å²) in [6.07, 6.45) is 0.903. The molecule has 1 N–H and O–H groups in total. The lowest BCUT2D eigenvalue weighted by atomic mass is 10.00. The van der Waals surface area contributed by atoms with E-state index in [2.05, 4.69) is 23.7 Å². The molecular formula is C17H16N2O3S. The second-order valence-corrected chi connectivity index (χ2v) is 6.77. The number of carbonyl (C=O) groups is 2. The largest absolute Gasteiger partial charge is 0.482 e. The maximum atomic E-state index is 12.9. The van der Waals surface area contributed by atoms with Crippen LogP contribution in [0.15, 0.2) is 29.6 Å². The zero-order chi connectivity index (χ0) is 16.0. The van der Waals surface area contributed by atoms with Gasteiger partial charge in [0, 0.05) is 17.0 Å². The number of hydrogen-bond acceptors (Lipinski definition) is 4. The fourth-order valence-corrected chi connectivity index (χ4v) is 4.12. The molecule has 0 saturated heterocycles. The van der Waals surface area contributed by atoms with Crippen molar-refractivity contribution in [3.8, 4) is 5.75 Å². The molecule has 0 aliphatic carbocycles. The highest BCUT2D eigenvalue weighted by molar-refractivity contribution is 7.10. The van der Waals surface area contributed by atoms with Gasteiger partial charge in [-0.25, -0.2) is 0 Å². The Hall–Kier alpha value is -2.34. The molecule has 0 bridgehead atoms. The van der Waals surface area contributed by atoms with Gasteiger partial charge >= 0.3 is 0 Å². The molecule has 118 valence electrons. The van der Waals surface area contributed by atoms with E-state index in [0.29, 0.717) is 17.0 Å². The molecule has 2 amide bonds. The average Bonchev–Trinajstić information content (AvgIpc) is 3.03. The van der Waals surface area contributed by atoms with E-state index in [4.69, 9.17) is 4.74 Å². The second-order valence-electron chi connectivity index (χ2n) is 5.77. The lowest BCUT2D eigenvalue weighted by Crippen LogP contribution is -2.38. The summed E-state index contributed by atoms with van der Waals surface area (Å²) in [5.74, 6) is 0.375. The van der Waals surface area contributed by atoms with Crippen LogP contribution < -0.4 is 10.1 Å². The first-order valence-electron chi connectivity index (χ1n) is 7.57. The maximum absolute atomic E-state index is 12.9. The van der Waals surface area contributed by atoms with Gasteiger partial charge in [0.15, 0.2) is 6.61 Å². The Labute approximate surface area is 137 Å². The zero-order valence-corrected chi connectivity index (χ0v) is 13.5. The van der Waals surface area contributed by atoms with E-state index in [1.807, 2.05) is 4.90 Å². The summed E-state index contributed by atoms with van der Waals surface area (Å²) in [7, 11) is 0. The van der Waals surface area contributed by atoms with Crippen molar-refractivity contribution < 1.29 is 14.3 Å². The Morgan fingerprint density at radius 2 is 2.26 bits per heavy atom. The molecule has 3 heterocycles. The van der Waals surface area contributed by atoms with Gasteiger partial charge in [-0.05, 0) is 48.6 Å². The number of amides is 2. The molecule has 2 aliphatic rings. The van der Waals surface area contributed by atoms with Crippen LogP contribution in [-0.4, -0.2) is 29.9 Å². The summed E-state index contributed by atoms with van der Waals surface area (Å²) < 4.78 is 5.40. The number of nitrogens with zero attached hydrogens (tertiary/aromatic N) is 1. The average molecular weight is 328 g/mol. The fourth-order valence-electron chi connectivity index (χ4n) is 3.16. The van der Waals surface area contributed by atoms with Crippen LogP contribution in [0.25, 0.3) is 0 Å². The predicted molar refractivity (Wildman–Crippen MR) is 88.0 cm³/mol. The van der Waals surface area contributed by atoms with Crippen molar-refractivity contribution in [3.63, 3.8) is 0 Å². The van der Waals surface area contributed by atoms with E-state index in [0.717, 1.165) is 13.0 Å². The van der Waals surface area contributed by atoms with Crippen LogP contribution in [0.5, 0.6) is 5.75 Å². The van der Waals surface area contributed by atoms with Gasteiger partial charge < -0.3 is 15.0 Å². The third kappa shape index (κ3) is 2.39. The van der Waals surface area contributed by atoms with Gasteiger partial charge in [0.25, 0.3) is 11.8 Å². The normalized spacial score (nSPS) is 19.4. The topological polar surface area (TPSA) is 58.6 Å². The molecule has 6 heteroatoms. The number of hydrogen-bond donors (Lipinski definition) is 1. The molecule has 0 fully saturated rings. The minimum Gasteiger partial charge on any atom is -0.482 e. The van der Waals surface area contributed by atoms with Crippen molar-refractivity contribution in [2.24, 2.45) is 0 Å². The highest BCUT2D eigenvalue weighted by Gasteiger charge is 2.29. The van der Waals surface area contributed by atoms with Crippen LogP contribution in [-0.2, 0) is 11.2 Å². The number of carbonyl (C=O) groups excluding carboxylic acids is 2. The number of anilines is 1. The number of thiophene rings is 1. The molecule has 23 heavy (non-hydrogen) atoms. The first kappa shape index (κ1) is 14.3. The van der Waals surface area contributed by atoms with Gasteiger partial charge in [-0.15, -0.1) is 11.3 Å². The van der Waals surface area contributed by atoms with Crippen molar-refractivity contribution in [2.75, 3.05) is 18.5 Å². The summed E-state index contributed by atoms with van der Waals surface area (Å²) >= 11 is 1.76. The summed E-state index contributed by atoms with van der Waals surface area (Å²) in [6.45, 7) is 2.78. The van der Waals surface area contributed by atoms with Crippen molar-refractivity contribution in [3.05, 3.63) is 45.6 Å². The third-order valence-electron chi connectivity index (χ3n) is 4.40. The van der Waals surface area contributed by atoms with Crippen LogP contribution in [0.1, 0.15) is 33.8 Å². The summed E-state index contributed by atoms with van der Waals surface area (Å²) in [6, 6.07) is 7.37. The van der Waals surface area contributed by atoms with Crippen LogP contribution in [0.3, 0.4) is 0 Å². The first-order valence-corrected chi connectivity index (χ1v) is 8.45. The van der Waals surface area contributed by atoms with E-state index in [9.17, 15) is 9.59 Å². The minimum atomic E-state index is -0.175. The summed E-state index contributed by atoms with van der Waals surface area (Å²) in [4.78, 5) is 27.5. The number of rotatable bonds is 1. The third-order valence-corrected chi connectivity index (χ3v) is 5.40. The SMILES string of the molecule is C[C@H]1c2ccsc2CCN1C(=O)c1ccc2c(c1)OCC(=O)N2. The van der Waals surface area contributed by atoms with E-state index < -0.39 is 0 Å². The molecule has 2 aromatic rings. The van der Waals surface area contributed by atoms with Crippen LogP contribution in [0.4, 0.5) is 5.69 Å². The monoisotopic (exact) mass is 328 g/mol. The van der Waals surface area contributed by atoms with E-state index in [1.54, 1.807) is 29.5 Å². The highest BCUT2D eigenvalue weighted by atomic mass is 32.1. The van der Waals surface area contributed by atoms with Crippen LogP contribution in [0, 0.1) is 0 Å². The fraction of sp³-hybridized carbons (Fsp3) is 0.294. The van der Waals surface area contributed by atoms with Crippen molar-refractivity contribution in [1.82, 2.24) is 4.90 Å². The van der Waals surface area contributed by atoms with Gasteiger partial charge in [-0.1, -0.05) is 0 Å². The van der Waals surface area contributed by atoms with Gasteiger partial charge in [-0.3, -0.25) is 9.59 Å². The van der Waals surface area contributed by atoms with Crippen molar-refractivity contribution in [2.45, 2.75) is 19.4 Å². The van der Waals surface area contributed by atoms with Crippen LogP contribution in [0.2, 0.25) is 0 Å². The molecule has 0 radical (unpaired) electrons. The van der Waals surface area contributed by atoms with Gasteiger partial charge in [0.2, 0.25) is 0 Å². The smallest absolute Gasteiger partial charge is 0.262 e. The highest BCUT2D eigenvalue weighted by Crippen LogP contribution is 2.35. The Bertz CT molecular complexity index is 799. The second kappa shape index (κ2) is 5.38. The van der Waals surface area contributed by atoms with Gasteiger partial charge in [0.05, 0.1) is 11.7 Å². The molecule has 0 spiro atoms. The Kier molecular flexibility index (Phi) is 3.34. The van der Waals surface area contributed by atoms with Gasteiger partial charge in [-0.2, -0.15) is 0 Å². The Morgan fingerprint density at radius 3 is 3.13 bits per heavy atom. The quantitative estimate of drug-likeness (QED) is 0.876. The maximum Gasteiger partial charge on any atom is 0.262 e. The standard InChI is InChI=1S/C17H16N2O3S/c1-10-12-5-7-23-15(12)4-6-19(10)17(21)11-2-3-13-14(8-11)22-9-16(20)18-13/h2-3,5,7-8,10H,4,6,9H2,1H3,(H,18,20)/t10-/m0/s1. The summed E-state index contributed by atoms with van der Waals surface area (Å²) in [5, 5.41) is 4.82. The zero-order valence-electron chi connectivity index (χ0n) is 12.7. The van der Waals surface area contributed by atoms with Crippen molar-refractivity contribution in [1.29, 1.82) is 0 Å². The Morgan fingerprint density at radius 1 is 1.39 bits per heavy atom. The molecule has 1 aromatic heterocycles. The summed E-state index contributed by atoms with van der Waals surface area (Å²) in [5.41, 5.74) is 2.45. The van der Waals surface area contributed by atoms with E-state index in [-0.39, 0.29) is 24.5 Å². The van der Waals surface area contributed by atoms with Crippen LogP contribution >= 0.6 is 11.3 Å². The lowest BCUT2D eigenvalue weighted by Gasteiger charge is -2.34. The molecule has 0 unspecified atom stereocenters. The molecule has 1 aromatic carbocycles. The molecule has 1 atom stereocenters. The Balaban J connectivity index is 1.61. The lowest BCUT2D eigenvalue weighted by molar-refractivity contribution is -0.118. The first-order chi connectivity index (χ1) is 11.1. The molecular weight excluding hydrogens is 312 g/mol. The van der Waals surface area contributed by atoms with E-state index >= 15 is 0 Å². The number of fused-ring (bicyclic) bond motifs is 2. The minimum absolute atomic E-state index is 0.00218. The molecule has 5 nitrogen and oxygen atoms in total. The number of benzene rings is 1. The van der Waals surface area contributed by atoms with Crippen molar-refractivity contribution >= 4 is 28.8 Å². The van der Waals surface area contributed by atoms with Gasteiger partial charge in [0.1, 0.15) is 5.75 Å². The number of ether oxygens (including phenoxy) is 1. The molecule has 0 saturated carbocycles.